The Kier molecular flexibility index (Phi) is 6.89. The van der Waals surface area contributed by atoms with Gasteiger partial charge in [0, 0.05) is 7.11 Å². The van der Waals surface area contributed by atoms with E-state index in [2.05, 4.69) is 15.6 Å². The lowest BCUT2D eigenvalue weighted by Gasteiger charge is -2.13. The number of benzene rings is 1. The molecule has 9 nitrogen and oxygen atoms in total. The van der Waals surface area contributed by atoms with E-state index >= 15 is 0 Å². The van der Waals surface area contributed by atoms with E-state index in [4.69, 9.17) is 14.6 Å². The number of rotatable bonds is 9. The highest BCUT2D eigenvalue weighted by Crippen LogP contribution is 2.19. The molecule has 1 amide bonds. The number of nitrogens with one attached hydrogen (secondary N) is 1. The second-order valence-electron chi connectivity index (χ2n) is 6.13. The summed E-state index contributed by atoms with van der Waals surface area (Å²) in [6, 6.07) is 6.10. The molecule has 1 heterocycles. The molecule has 0 spiro atoms. The number of nitrogens with zero attached hydrogens (tertiary/aromatic N) is 3. The molecule has 0 aliphatic carbocycles. The summed E-state index contributed by atoms with van der Waals surface area (Å²) < 4.78 is 12.0. The van der Waals surface area contributed by atoms with E-state index in [9.17, 15) is 9.59 Å². The number of carboxylic acid groups (broad SMARTS) is 1. The van der Waals surface area contributed by atoms with Crippen LogP contribution in [0.2, 0.25) is 0 Å². The van der Waals surface area contributed by atoms with E-state index in [1.807, 2.05) is 45.0 Å². The molecule has 27 heavy (non-hydrogen) atoms. The van der Waals surface area contributed by atoms with Crippen molar-refractivity contribution in [1.82, 2.24) is 20.3 Å². The molecule has 146 valence electrons. The molecule has 0 saturated carbocycles. The molecule has 2 aromatic rings. The summed E-state index contributed by atoms with van der Waals surface area (Å²) in [4.78, 5) is 23.7. The molecule has 2 rings (SSSR count). The number of amides is 1. The van der Waals surface area contributed by atoms with Crippen LogP contribution in [0.25, 0.3) is 5.69 Å². The molecule has 0 fully saturated rings. The lowest BCUT2D eigenvalue weighted by atomic mass is 10.2. The van der Waals surface area contributed by atoms with Crippen LogP contribution in [0.4, 0.5) is 0 Å². The van der Waals surface area contributed by atoms with Gasteiger partial charge in [-0.15, -0.1) is 5.10 Å². The Balaban J connectivity index is 2.25. The smallest absolute Gasteiger partial charge is 0.328 e. The van der Waals surface area contributed by atoms with Gasteiger partial charge in [0.05, 0.1) is 24.1 Å². The minimum atomic E-state index is -1.18. The third-order valence-corrected chi connectivity index (χ3v) is 3.70. The van der Waals surface area contributed by atoms with E-state index in [0.29, 0.717) is 12.1 Å². The third-order valence-electron chi connectivity index (χ3n) is 3.70. The average Bonchev–Trinajstić information content (AvgIpc) is 3.05. The molecule has 0 radical (unpaired) electrons. The van der Waals surface area contributed by atoms with Gasteiger partial charge in [-0.25, -0.2) is 9.48 Å². The predicted octanol–water partition coefficient (Wildman–Crippen LogP) is 1.45. The molecule has 2 N–H and O–H groups in total. The van der Waals surface area contributed by atoms with E-state index in [-0.39, 0.29) is 18.4 Å². The molecule has 1 unspecified atom stereocenters. The monoisotopic (exact) mass is 376 g/mol. The largest absolute Gasteiger partial charge is 0.491 e. The Hall–Kier alpha value is -2.94. The van der Waals surface area contributed by atoms with Crippen LogP contribution >= 0.6 is 0 Å². The van der Waals surface area contributed by atoms with Crippen LogP contribution in [-0.4, -0.2) is 57.8 Å². The van der Waals surface area contributed by atoms with Gasteiger partial charge < -0.3 is 19.9 Å². The van der Waals surface area contributed by atoms with Gasteiger partial charge in [-0.1, -0.05) is 12.1 Å². The summed E-state index contributed by atoms with van der Waals surface area (Å²) in [6.07, 6.45) is 0.556. The van der Waals surface area contributed by atoms with E-state index < -0.39 is 17.9 Å². The molecule has 0 bridgehead atoms. The van der Waals surface area contributed by atoms with Crippen molar-refractivity contribution in [3.05, 3.63) is 35.7 Å². The molecule has 0 aliphatic heterocycles. The molecule has 1 aromatic carbocycles. The fourth-order valence-corrected chi connectivity index (χ4v) is 2.51. The summed E-state index contributed by atoms with van der Waals surface area (Å²) in [5.41, 5.74) is 1.38. The van der Waals surface area contributed by atoms with Crippen molar-refractivity contribution in [3.8, 4) is 11.4 Å². The highest BCUT2D eigenvalue weighted by molar-refractivity contribution is 5.96. The minimum Gasteiger partial charge on any atom is -0.491 e. The van der Waals surface area contributed by atoms with Crippen molar-refractivity contribution in [2.45, 2.75) is 39.3 Å². The molecule has 9 heteroatoms. The standard InChI is InChI=1S/C18H24N4O5/c1-5-15-16(17(23)19-14(10-26-4)18(24)25)20-21-22(15)12-6-8-13(9-7-12)27-11(2)3/h6-9,11,14H,5,10H2,1-4H3,(H,19,23)(H,24,25). The third kappa shape index (κ3) is 5.04. The molecular formula is C18H24N4O5. The number of hydrogen-bond donors (Lipinski definition) is 2. The van der Waals surface area contributed by atoms with Crippen LogP contribution in [0.15, 0.2) is 24.3 Å². The van der Waals surface area contributed by atoms with Gasteiger partial charge in [-0.3, -0.25) is 4.79 Å². The van der Waals surface area contributed by atoms with Gasteiger partial charge in [-0.2, -0.15) is 0 Å². The second-order valence-corrected chi connectivity index (χ2v) is 6.13. The van der Waals surface area contributed by atoms with Gasteiger partial charge in [0.1, 0.15) is 5.75 Å². The highest BCUT2D eigenvalue weighted by atomic mass is 16.5. The van der Waals surface area contributed by atoms with Crippen molar-refractivity contribution in [1.29, 1.82) is 0 Å². The summed E-state index contributed by atoms with van der Waals surface area (Å²) >= 11 is 0. The fraction of sp³-hybridized carbons (Fsp3) is 0.444. The maximum atomic E-state index is 12.5. The van der Waals surface area contributed by atoms with Gasteiger partial charge >= 0.3 is 5.97 Å². The maximum absolute atomic E-state index is 12.5. The first-order chi connectivity index (χ1) is 12.9. The maximum Gasteiger partial charge on any atom is 0.328 e. The van der Waals surface area contributed by atoms with Crippen LogP contribution in [0.3, 0.4) is 0 Å². The summed E-state index contributed by atoms with van der Waals surface area (Å²) in [5.74, 6) is -1.06. The molecule has 0 aliphatic rings. The Labute approximate surface area is 157 Å². The van der Waals surface area contributed by atoms with E-state index in [1.54, 1.807) is 4.68 Å². The van der Waals surface area contributed by atoms with Crippen molar-refractivity contribution in [2.75, 3.05) is 13.7 Å². The topological polar surface area (TPSA) is 116 Å². The summed E-state index contributed by atoms with van der Waals surface area (Å²) in [7, 11) is 1.36. The lowest BCUT2D eigenvalue weighted by molar-refractivity contribution is -0.140. The quantitative estimate of drug-likeness (QED) is 0.680. The molecule has 0 saturated heterocycles. The first-order valence-electron chi connectivity index (χ1n) is 8.61. The molecule has 1 aromatic heterocycles. The Morgan fingerprint density at radius 1 is 1.26 bits per heavy atom. The SMILES string of the molecule is CCc1c(C(=O)NC(COC)C(=O)O)nnn1-c1ccc(OC(C)C)cc1. The number of carboxylic acids is 1. The number of ether oxygens (including phenoxy) is 2. The normalized spacial score (nSPS) is 12.0. The Morgan fingerprint density at radius 3 is 2.44 bits per heavy atom. The number of carbonyl (C=O) groups is 2. The minimum absolute atomic E-state index is 0.0676. The van der Waals surface area contributed by atoms with Gasteiger partial charge in [0.2, 0.25) is 0 Å². The van der Waals surface area contributed by atoms with E-state index in [1.165, 1.54) is 7.11 Å². The molecular weight excluding hydrogens is 352 g/mol. The summed E-state index contributed by atoms with van der Waals surface area (Å²) in [5, 5.41) is 19.6. The first-order valence-corrected chi connectivity index (χ1v) is 8.61. The van der Waals surface area contributed by atoms with Crippen LogP contribution in [0.1, 0.15) is 37.0 Å². The van der Waals surface area contributed by atoms with Crippen LogP contribution < -0.4 is 10.1 Å². The van der Waals surface area contributed by atoms with Crippen LogP contribution in [0, 0.1) is 0 Å². The number of methoxy groups -OCH3 is 1. The average molecular weight is 376 g/mol. The van der Waals surface area contributed by atoms with Gasteiger partial charge in [-0.05, 0) is 44.5 Å². The second kappa shape index (κ2) is 9.13. The zero-order chi connectivity index (χ0) is 20.0. The Morgan fingerprint density at radius 2 is 1.93 bits per heavy atom. The first kappa shape index (κ1) is 20.4. The number of hydrogen-bond acceptors (Lipinski definition) is 6. The zero-order valence-electron chi connectivity index (χ0n) is 15.8. The van der Waals surface area contributed by atoms with Crippen molar-refractivity contribution >= 4 is 11.9 Å². The van der Waals surface area contributed by atoms with Crippen molar-refractivity contribution < 1.29 is 24.2 Å². The zero-order valence-corrected chi connectivity index (χ0v) is 15.8. The van der Waals surface area contributed by atoms with Crippen molar-refractivity contribution in [2.24, 2.45) is 0 Å². The van der Waals surface area contributed by atoms with Crippen molar-refractivity contribution in [3.63, 3.8) is 0 Å². The highest BCUT2D eigenvalue weighted by Gasteiger charge is 2.25. The van der Waals surface area contributed by atoms with Crippen LogP contribution in [-0.2, 0) is 16.0 Å². The summed E-state index contributed by atoms with van der Waals surface area (Å²) in [6.45, 7) is 5.61. The Bertz CT molecular complexity index is 786. The number of aromatic nitrogens is 3. The molecule has 1 atom stereocenters. The fourth-order valence-electron chi connectivity index (χ4n) is 2.51. The number of carbonyl (C=O) groups excluding carboxylic acids is 1. The van der Waals surface area contributed by atoms with Gasteiger partial charge in [0.15, 0.2) is 11.7 Å². The predicted molar refractivity (Wildman–Crippen MR) is 97.3 cm³/mol. The van der Waals surface area contributed by atoms with E-state index in [0.717, 1.165) is 11.4 Å². The van der Waals surface area contributed by atoms with Gasteiger partial charge in [0.25, 0.3) is 5.91 Å². The number of aliphatic carboxylic acids is 1. The lowest BCUT2D eigenvalue weighted by Crippen LogP contribution is -2.44. The van der Waals surface area contributed by atoms with Crippen LogP contribution in [0.5, 0.6) is 5.75 Å².